The number of nitrogens with zero attached hydrogens (tertiary/aromatic N) is 3. The van der Waals surface area contributed by atoms with Crippen molar-refractivity contribution >= 4 is 33.5 Å². The van der Waals surface area contributed by atoms with E-state index in [2.05, 4.69) is 43.2 Å². The molecule has 0 radical (unpaired) electrons. The van der Waals surface area contributed by atoms with Gasteiger partial charge in [0.2, 0.25) is 0 Å². The van der Waals surface area contributed by atoms with Gasteiger partial charge in [-0.3, -0.25) is 9.55 Å². The van der Waals surface area contributed by atoms with Crippen LogP contribution >= 0.6 is 22.6 Å². The van der Waals surface area contributed by atoms with E-state index in [1.54, 1.807) is 12.4 Å². The number of hydrogen-bond acceptors (Lipinski definition) is 2. The van der Waals surface area contributed by atoms with Gasteiger partial charge < -0.3 is 0 Å². The Morgan fingerprint density at radius 3 is 2.94 bits per heavy atom. The predicted molar refractivity (Wildman–Crippen MR) is 71.6 cm³/mol. The lowest BCUT2D eigenvalue weighted by Crippen LogP contribution is -1.98. The Morgan fingerprint density at radius 1 is 1.12 bits per heavy atom. The monoisotopic (exact) mass is 321 g/mol. The number of pyridine rings is 2. The molecule has 0 amide bonds. The van der Waals surface area contributed by atoms with E-state index in [0.29, 0.717) is 0 Å². The van der Waals surface area contributed by atoms with Gasteiger partial charge >= 0.3 is 0 Å². The second kappa shape index (κ2) is 3.86. The number of fused-ring (bicyclic) bond motifs is 1. The first kappa shape index (κ1) is 9.77. The molecule has 0 aliphatic heterocycles. The zero-order chi connectivity index (χ0) is 11.0. The molecule has 3 aromatic heterocycles. The summed E-state index contributed by atoms with van der Waals surface area (Å²) in [5.74, 6) is 0.950. The molecule has 0 spiro atoms. The van der Waals surface area contributed by atoms with Crippen LogP contribution in [0.15, 0.2) is 49.1 Å². The molecule has 0 saturated carbocycles. The van der Waals surface area contributed by atoms with Crippen molar-refractivity contribution in [1.82, 2.24) is 14.5 Å². The summed E-state index contributed by atoms with van der Waals surface area (Å²) >= 11 is 2.29. The maximum absolute atomic E-state index is 4.40. The fraction of sp³-hybridized carbons (Fsp3) is 0. The summed E-state index contributed by atoms with van der Waals surface area (Å²) < 4.78 is 3.19. The van der Waals surface area contributed by atoms with Gasteiger partial charge in [-0.05, 0) is 46.9 Å². The van der Waals surface area contributed by atoms with Gasteiger partial charge in [0.1, 0.15) is 0 Å². The molecule has 0 bridgehead atoms. The van der Waals surface area contributed by atoms with Crippen LogP contribution in [-0.2, 0) is 0 Å². The maximum Gasteiger partial charge on any atom is 0.150 e. The van der Waals surface area contributed by atoms with Crippen LogP contribution < -0.4 is 0 Å². The summed E-state index contributed by atoms with van der Waals surface area (Å²) in [6, 6.07) is 8.06. The predicted octanol–water partition coefficient (Wildman–Crippen LogP) is 3.03. The SMILES string of the molecule is Ic1cccnc1-n1ccc2ccncc21. The molecule has 0 atom stereocenters. The van der Waals surface area contributed by atoms with E-state index in [9.17, 15) is 0 Å². The summed E-state index contributed by atoms with van der Waals surface area (Å²) in [6.07, 6.45) is 7.49. The first-order valence-corrected chi connectivity index (χ1v) is 5.96. The third-order valence-corrected chi connectivity index (χ3v) is 3.30. The van der Waals surface area contributed by atoms with Gasteiger partial charge in [0.15, 0.2) is 5.82 Å². The number of hydrogen-bond donors (Lipinski definition) is 0. The molecule has 0 saturated heterocycles. The summed E-state index contributed by atoms with van der Waals surface area (Å²) in [6.45, 7) is 0. The van der Waals surface area contributed by atoms with Gasteiger partial charge in [-0.1, -0.05) is 0 Å². The van der Waals surface area contributed by atoms with Crippen LogP contribution in [0.4, 0.5) is 0 Å². The van der Waals surface area contributed by atoms with Crippen molar-refractivity contribution in [2.45, 2.75) is 0 Å². The highest BCUT2D eigenvalue weighted by Crippen LogP contribution is 2.21. The topological polar surface area (TPSA) is 30.7 Å². The second-order valence-corrected chi connectivity index (χ2v) is 4.59. The van der Waals surface area contributed by atoms with Crippen LogP contribution in [0.3, 0.4) is 0 Å². The van der Waals surface area contributed by atoms with Crippen molar-refractivity contribution in [3.63, 3.8) is 0 Å². The maximum atomic E-state index is 4.40. The van der Waals surface area contributed by atoms with Crippen LogP contribution in [0.5, 0.6) is 0 Å². The fourth-order valence-electron chi connectivity index (χ4n) is 1.71. The van der Waals surface area contributed by atoms with E-state index in [1.165, 1.54) is 5.39 Å². The number of aromatic nitrogens is 3. The molecule has 0 aliphatic carbocycles. The lowest BCUT2D eigenvalue weighted by atomic mass is 10.3. The van der Waals surface area contributed by atoms with Crippen LogP contribution in [0.2, 0.25) is 0 Å². The van der Waals surface area contributed by atoms with Gasteiger partial charge in [0, 0.05) is 24.0 Å². The number of halogens is 1. The standard InChI is InChI=1S/C12H8IN3/c13-10-2-1-5-15-12(10)16-7-4-9-3-6-14-8-11(9)16/h1-8H. The van der Waals surface area contributed by atoms with Gasteiger partial charge in [-0.25, -0.2) is 4.98 Å². The van der Waals surface area contributed by atoms with Gasteiger partial charge in [0.25, 0.3) is 0 Å². The molecule has 0 fully saturated rings. The zero-order valence-electron chi connectivity index (χ0n) is 8.34. The van der Waals surface area contributed by atoms with E-state index in [1.807, 2.05) is 30.6 Å². The highest BCUT2D eigenvalue weighted by atomic mass is 127. The highest BCUT2D eigenvalue weighted by Gasteiger charge is 2.06. The van der Waals surface area contributed by atoms with E-state index in [-0.39, 0.29) is 0 Å². The Labute approximate surface area is 106 Å². The number of rotatable bonds is 1. The molecule has 3 rings (SSSR count). The molecule has 3 nitrogen and oxygen atoms in total. The van der Waals surface area contributed by atoms with Gasteiger partial charge in [-0.15, -0.1) is 0 Å². The fourth-order valence-corrected chi connectivity index (χ4v) is 2.32. The van der Waals surface area contributed by atoms with E-state index >= 15 is 0 Å². The summed E-state index contributed by atoms with van der Waals surface area (Å²) in [4.78, 5) is 8.55. The van der Waals surface area contributed by atoms with Crippen molar-refractivity contribution < 1.29 is 0 Å². The average molecular weight is 321 g/mol. The Bertz CT molecular complexity index is 645. The third kappa shape index (κ3) is 1.49. The summed E-state index contributed by atoms with van der Waals surface area (Å²) in [5, 5.41) is 1.18. The van der Waals surface area contributed by atoms with E-state index in [0.717, 1.165) is 14.9 Å². The van der Waals surface area contributed by atoms with Gasteiger partial charge in [0.05, 0.1) is 15.3 Å². The van der Waals surface area contributed by atoms with Crippen LogP contribution in [0.25, 0.3) is 16.7 Å². The van der Waals surface area contributed by atoms with Crippen molar-refractivity contribution in [3.05, 3.63) is 52.6 Å². The largest absolute Gasteiger partial charge is 0.299 e. The first-order chi connectivity index (χ1) is 7.86. The van der Waals surface area contributed by atoms with Crippen molar-refractivity contribution in [2.75, 3.05) is 0 Å². The molecule has 3 aromatic rings. The van der Waals surface area contributed by atoms with Crippen LogP contribution in [0.1, 0.15) is 0 Å². The zero-order valence-corrected chi connectivity index (χ0v) is 10.5. The lowest BCUT2D eigenvalue weighted by Gasteiger charge is -2.05. The lowest BCUT2D eigenvalue weighted by molar-refractivity contribution is 1.03. The molecule has 0 unspecified atom stereocenters. The quantitative estimate of drug-likeness (QED) is 0.645. The minimum Gasteiger partial charge on any atom is -0.299 e. The molecular formula is C12H8IN3. The van der Waals surface area contributed by atoms with Gasteiger partial charge in [-0.2, -0.15) is 0 Å². The highest BCUT2D eigenvalue weighted by molar-refractivity contribution is 14.1. The molecule has 0 N–H and O–H groups in total. The van der Waals surface area contributed by atoms with Crippen molar-refractivity contribution in [3.8, 4) is 5.82 Å². The molecule has 78 valence electrons. The summed E-state index contributed by atoms with van der Waals surface area (Å²) in [7, 11) is 0. The molecular weight excluding hydrogens is 313 g/mol. The van der Waals surface area contributed by atoms with Crippen LogP contribution in [0, 0.1) is 3.57 Å². The minimum atomic E-state index is 0.950. The Morgan fingerprint density at radius 2 is 2.06 bits per heavy atom. The summed E-state index contributed by atoms with van der Waals surface area (Å²) in [5.41, 5.74) is 1.08. The first-order valence-electron chi connectivity index (χ1n) is 4.88. The molecule has 4 heteroatoms. The molecule has 0 aliphatic rings. The average Bonchev–Trinajstić information content (AvgIpc) is 2.74. The van der Waals surface area contributed by atoms with Crippen molar-refractivity contribution in [2.24, 2.45) is 0 Å². The molecule has 3 heterocycles. The third-order valence-electron chi connectivity index (χ3n) is 2.46. The Kier molecular flexibility index (Phi) is 2.36. The molecule has 0 aromatic carbocycles. The normalized spacial score (nSPS) is 10.8. The minimum absolute atomic E-state index is 0.950. The Hall–Kier alpha value is -1.43. The van der Waals surface area contributed by atoms with E-state index < -0.39 is 0 Å². The van der Waals surface area contributed by atoms with E-state index in [4.69, 9.17) is 0 Å². The Balaban J connectivity index is 2.31. The molecule has 16 heavy (non-hydrogen) atoms. The van der Waals surface area contributed by atoms with Crippen LogP contribution in [-0.4, -0.2) is 14.5 Å². The second-order valence-electron chi connectivity index (χ2n) is 3.43. The van der Waals surface area contributed by atoms with Crippen molar-refractivity contribution in [1.29, 1.82) is 0 Å². The smallest absolute Gasteiger partial charge is 0.150 e.